The van der Waals surface area contributed by atoms with E-state index in [1.807, 2.05) is 18.7 Å². The minimum absolute atomic E-state index is 0.258. The second kappa shape index (κ2) is 5.29. The van der Waals surface area contributed by atoms with Crippen molar-refractivity contribution in [2.45, 2.75) is 13.8 Å². The largest absolute Gasteiger partial charge is 0.477 e. The van der Waals surface area contributed by atoms with Crippen LogP contribution < -0.4 is 4.90 Å². The quantitative estimate of drug-likeness (QED) is 0.804. The Morgan fingerprint density at radius 2 is 1.53 bits per heavy atom. The van der Waals surface area contributed by atoms with E-state index in [0.717, 1.165) is 0 Å². The zero-order chi connectivity index (χ0) is 13.0. The standard InChI is InChI=1S/C11H14N2O4/c1-3-13(4-2)7-5-8(10(14)15)12-9(6-7)11(16)17/h5-6H,3-4H2,1-2H3,(H,14,15)(H,16,17). The first-order chi connectivity index (χ1) is 7.99. The first kappa shape index (κ1) is 13.0. The van der Waals surface area contributed by atoms with E-state index < -0.39 is 11.9 Å². The number of hydrogen-bond acceptors (Lipinski definition) is 4. The summed E-state index contributed by atoms with van der Waals surface area (Å²) in [6.07, 6.45) is 0. The van der Waals surface area contributed by atoms with Crippen molar-refractivity contribution in [1.82, 2.24) is 4.98 Å². The Morgan fingerprint density at radius 1 is 1.12 bits per heavy atom. The van der Waals surface area contributed by atoms with Crippen molar-refractivity contribution in [2.75, 3.05) is 18.0 Å². The maximum absolute atomic E-state index is 10.9. The number of anilines is 1. The Bertz CT molecular complexity index is 409. The van der Waals surface area contributed by atoms with Gasteiger partial charge in [0.05, 0.1) is 0 Å². The zero-order valence-electron chi connectivity index (χ0n) is 9.67. The van der Waals surface area contributed by atoms with Gasteiger partial charge in [0.1, 0.15) is 0 Å². The second-order valence-electron chi connectivity index (χ2n) is 3.38. The summed E-state index contributed by atoms with van der Waals surface area (Å²) in [7, 11) is 0. The molecule has 0 atom stereocenters. The van der Waals surface area contributed by atoms with Crippen LogP contribution in [0.4, 0.5) is 5.69 Å². The summed E-state index contributed by atoms with van der Waals surface area (Å²) in [6.45, 7) is 5.15. The number of aromatic carboxylic acids is 2. The van der Waals surface area contributed by atoms with Crippen LogP contribution in [0.25, 0.3) is 0 Å². The number of nitrogens with zero attached hydrogens (tertiary/aromatic N) is 2. The van der Waals surface area contributed by atoms with Gasteiger partial charge in [-0.3, -0.25) is 0 Å². The first-order valence-electron chi connectivity index (χ1n) is 5.23. The summed E-state index contributed by atoms with van der Waals surface area (Å²) in [6, 6.07) is 2.75. The molecule has 0 saturated heterocycles. The van der Waals surface area contributed by atoms with Gasteiger partial charge < -0.3 is 15.1 Å². The molecule has 1 heterocycles. The number of carboxylic acid groups (broad SMARTS) is 2. The molecule has 0 fully saturated rings. The van der Waals surface area contributed by atoms with Crippen molar-refractivity contribution in [3.05, 3.63) is 23.5 Å². The SMILES string of the molecule is CCN(CC)c1cc(C(=O)O)nc(C(=O)O)c1. The molecule has 2 N–H and O–H groups in total. The third kappa shape index (κ3) is 2.93. The van der Waals surface area contributed by atoms with Crippen LogP contribution in [0.5, 0.6) is 0 Å². The van der Waals surface area contributed by atoms with Crippen molar-refractivity contribution >= 4 is 17.6 Å². The number of aromatic nitrogens is 1. The van der Waals surface area contributed by atoms with Crippen molar-refractivity contribution in [3.8, 4) is 0 Å². The number of rotatable bonds is 5. The fourth-order valence-corrected chi connectivity index (χ4v) is 1.51. The lowest BCUT2D eigenvalue weighted by Crippen LogP contribution is -2.23. The summed E-state index contributed by atoms with van der Waals surface area (Å²) >= 11 is 0. The van der Waals surface area contributed by atoms with E-state index in [9.17, 15) is 9.59 Å². The lowest BCUT2D eigenvalue weighted by atomic mass is 10.2. The highest BCUT2D eigenvalue weighted by molar-refractivity contribution is 5.91. The lowest BCUT2D eigenvalue weighted by Gasteiger charge is -2.21. The molecule has 0 amide bonds. The van der Waals surface area contributed by atoms with Crippen LogP contribution in [0.2, 0.25) is 0 Å². The monoisotopic (exact) mass is 238 g/mol. The number of pyridine rings is 1. The molecule has 0 spiro atoms. The van der Waals surface area contributed by atoms with Gasteiger partial charge in [0, 0.05) is 18.8 Å². The van der Waals surface area contributed by atoms with Crippen LogP contribution in [-0.4, -0.2) is 40.2 Å². The molecule has 0 aromatic carbocycles. The average molecular weight is 238 g/mol. The molecule has 1 aromatic heterocycles. The van der Waals surface area contributed by atoms with Crippen LogP contribution >= 0.6 is 0 Å². The van der Waals surface area contributed by atoms with Gasteiger partial charge in [-0.25, -0.2) is 14.6 Å². The Kier molecular flexibility index (Phi) is 4.03. The average Bonchev–Trinajstić information content (AvgIpc) is 2.30. The number of hydrogen-bond donors (Lipinski definition) is 2. The van der Waals surface area contributed by atoms with E-state index in [0.29, 0.717) is 18.8 Å². The molecule has 1 aromatic rings. The molecule has 0 radical (unpaired) electrons. The van der Waals surface area contributed by atoms with Crippen LogP contribution in [0.15, 0.2) is 12.1 Å². The molecule has 0 aliphatic rings. The molecule has 0 bridgehead atoms. The summed E-state index contributed by atoms with van der Waals surface area (Å²) < 4.78 is 0. The summed E-state index contributed by atoms with van der Waals surface area (Å²) in [5, 5.41) is 17.7. The third-order valence-electron chi connectivity index (χ3n) is 2.38. The van der Waals surface area contributed by atoms with Crippen LogP contribution in [-0.2, 0) is 0 Å². The molecule has 92 valence electrons. The van der Waals surface area contributed by atoms with Gasteiger partial charge in [-0.1, -0.05) is 0 Å². The van der Waals surface area contributed by atoms with E-state index in [2.05, 4.69) is 4.98 Å². The van der Waals surface area contributed by atoms with E-state index in [4.69, 9.17) is 10.2 Å². The summed E-state index contributed by atoms with van der Waals surface area (Å²) in [5.74, 6) is -2.47. The topological polar surface area (TPSA) is 90.7 Å². The molecular weight excluding hydrogens is 224 g/mol. The van der Waals surface area contributed by atoms with Crippen molar-refractivity contribution < 1.29 is 19.8 Å². The smallest absolute Gasteiger partial charge is 0.354 e. The molecule has 0 saturated carbocycles. The van der Waals surface area contributed by atoms with Gasteiger partial charge in [0.25, 0.3) is 0 Å². The molecule has 0 unspecified atom stereocenters. The Labute approximate surface area is 98.5 Å². The van der Waals surface area contributed by atoms with Gasteiger partial charge in [-0.2, -0.15) is 0 Å². The van der Waals surface area contributed by atoms with E-state index >= 15 is 0 Å². The predicted molar refractivity (Wildman–Crippen MR) is 61.7 cm³/mol. The zero-order valence-corrected chi connectivity index (χ0v) is 9.67. The van der Waals surface area contributed by atoms with E-state index in [1.165, 1.54) is 12.1 Å². The van der Waals surface area contributed by atoms with Gasteiger partial charge in [0.15, 0.2) is 11.4 Å². The lowest BCUT2D eigenvalue weighted by molar-refractivity contribution is 0.0685. The molecule has 0 aliphatic carbocycles. The predicted octanol–water partition coefficient (Wildman–Crippen LogP) is 1.32. The van der Waals surface area contributed by atoms with Gasteiger partial charge >= 0.3 is 11.9 Å². The highest BCUT2D eigenvalue weighted by Crippen LogP contribution is 2.17. The first-order valence-corrected chi connectivity index (χ1v) is 5.23. The summed E-state index contributed by atoms with van der Waals surface area (Å²) in [5.41, 5.74) is 0.0402. The number of carboxylic acids is 2. The van der Waals surface area contributed by atoms with Gasteiger partial charge in [-0.05, 0) is 26.0 Å². The highest BCUT2D eigenvalue weighted by Gasteiger charge is 2.15. The van der Waals surface area contributed by atoms with Gasteiger partial charge in [-0.15, -0.1) is 0 Å². The molecule has 6 heteroatoms. The molecular formula is C11H14N2O4. The molecule has 6 nitrogen and oxygen atoms in total. The van der Waals surface area contributed by atoms with Crippen molar-refractivity contribution in [1.29, 1.82) is 0 Å². The highest BCUT2D eigenvalue weighted by atomic mass is 16.4. The minimum atomic E-state index is -1.23. The number of carbonyl (C=O) groups is 2. The normalized spacial score (nSPS) is 10.0. The molecule has 1 rings (SSSR count). The van der Waals surface area contributed by atoms with Crippen LogP contribution in [0, 0.1) is 0 Å². The third-order valence-corrected chi connectivity index (χ3v) is 2.38. The fraction of sp³-hybridized carbons (Fsp3) is 0.364. The second-order valence-corrected chi connectivity index (χ2v) is 3.38. The Hall–Kier alpha value is -2.11. The van der Waals surface area contributed by atoms with Gasteiger partial charge in [0.2, 0.25) is 0 Å². The molecule has 17 heavy (non-hydrogen) atoms. The van der Waals surface area contributed by atoms with E-state index in [1.54, 1.807) is 0 Å². The summed E-state index contributed by atoms with van der Waals surface area (Å²) in [4.78, 5) is 27.1. The van der Waals surface area contributed by atoms with Crippen molar-refractivity contribution in [2.24, 2.45) is 0 Å². The maximum atomic E-state index is 10.9. The Morgan fingerprint density at radius 3 is 1.82 bits per heavy atom. The maximum Gasteiger partial charge on any atom is 0.354 e. The van der Waals surface area contributed by atoms with Crippen molar-refractivity contribution in [3.63, 3.8) is 0 Å². The van der Waals surface area contributed by atoms with E-state index in [-0.39, 0.29) is 11.4 Å². The van der Waals surface area contributed by atoms with Crippen LogP contribution in [0.3, 0.4) is 0 Å². The Balaban J connectivity index is 3.30. The van der Waals surface area contributed by atoms with Crippen LogP contribution in [0.1, 0.15) is 34.8 Å². The molecule has 0 aliphatic heterocycles. The minimum Gasteiger partial charge on any atom is -0.477 e. The fourth-order valence-electron chi connectivity index (χ4n) is 1.51.